The fourth-order valence-corrected chi connectivity index (χ4v) is 5.51. The number of nitrogens with zero attached hydrogens (tertiary/aromatic N) is 1. The maximum atomic E-state index is 12.3. The quantitative estimate of drug-likeness (QED) is 0.382. The normalized spacial score (nSPS) is 18.5. The number of aliphatic carboxylic acids is 1. The number of halogens is 2. The standard InChI is InChI=1S/C28H36Cl2N2O3/c1-28(2,3)22-8-10-25(11-9-22)32(18-20-14-23(29)16-24(30)15-20)17-19-4-6-21(7-5-19)27(35)31-13-12-26(33)34/h4-7,14-16,22,25H,8-13,17-18H2,1-3H3,(H,31,35)(H,33,34)/t22-,25-. The topological polar surface area (TPSA) is 69.6 Å². The summed E-state index contributed by atoms with van der Waals surface area (Å²) in [5.74, 6) is -0.456. The molecule has 1 aliphatic carbocycles. The summed E-state index contributed by atoms with van der Waals surface area (Å²) in [7, 11) is 0. The molecule has 0 aliphatic heterocycles. The largest absolute Gasteiger partial charge is 0.481 e. The summed E-state index contributed by atoms with van der Waals surface area (Å²) in [5, 5.41) is 12.7. The van der Waals surface area contributed by atoms with Gasteiger partial charge in [0.15, 0.2) is 0 Å². The summed E-state index contributed by atoms with van der Waals surface area (Å²) >= 11 is 12.6. The third kappa shape index (κ3) is 8.52. The second-order valence-corrected chi connectivity index (χ2v) is 11.5. The molecule has 0 radical (unpaired) electrons. The lowest BCUT2D eigenvalue weighted by molar-refractivity contribution is -0.136. The van der Waals surface area contributed by atoms with Gasteiger partial charge in [-0.25, -0.2) is 0 Å². The molecule has 2 aromatic carbocycles. The lowest BCUT2D eigenvalue weighted by Crippen LogP contribution is -2.39. The molecule has 1 fully saturated rings. The van der Waals surface area contributed by atoms with Crippen LogP contribution < -0.4 is 5.32 Å². The zero-order valence-corrected chi connectivity index (χ0v) is 22.3. The molecule has 0 bridgehead atoms. The summed E-state index contributed by atoms with van der Waals surface area (Å²) < 4.78 is 0. The van der Waals surface area contributed by atoms with E-state index in [0.717, 1.165) is 43.0 Å². The predicted molar refractivity (Wildman–Crippen MR) is 142 cm³/mol. The highest BCUT2D eigenvalue weighted by Crippen LogP contribution is 2.39. The maximum absolute atomic E-state index is 12.3. The molecule has 1 aliphatic rings. The summed E-state index contributed by atoms with van der Waals surface area (Å²) in [6.07, 6.45) is 4.65. The first-order valence-electron chi connectivity index (χ1n) is 12.3. The fourth-order valence-electron chi connectivity index (χ4n) is 4.94. The molecule has 2 N–H and O–H groups in total. The van der Waals surface area contributed by atoms with Crippen molar-refractivity contribution in [1.29, 1.82) is 0 Å². The van der Waals surface area contributed by atoms with Crippen LogP contribution in [-0.2, 0) is 17.9 Å². The van der Waals surface area contributed by atoms with Crippen LogP contribution in [0.3, 0.4) is 0 Å². The van der Waals surface area contributed by atoms with Gasteiger partial charge in [-0.15, -0.1) is 0 Å². The Morgan fingerprint density at radius 3 is 2.06 bits per heavy atom. The number of carbonyl (C=O) groups is 2. The smallest absolute Gasteiger partial charge is 0.305 e. The van der Waals surface area contributed by atoms with Crippen molar-refractivity contribution in [3.8, 4) is 0 Å². The van der Waals surface area contributed by atoms with Crippen LogP contribution in [0.25, 0.3) is 0 Å². The highest BCUT2D eigenvalue weighted by Gasteiger charge is 2.32. The van der Waals surface area contributed by atoms with E-state index in [-0.39, 0.29) is 18.9 Å². The second kappa shape index (κ2) is 12.2. The van der Waals surface area contributed by atoms with E-state index in [2.05, 4.69) is 31.0 Å². The maximum Gasteiger partial charge on any atom is 0.305 e. The van der Waals surface area contributed by atoms with Gasteiger partial charge >= 0.3 is 5.97 Å². The van der Waals surface area contributed by atoms with Crippen LogP contribution in [0.2, 0.25) is 10.0 Å². The van der Waals surface area contributed by atoms with Crippen molar-refractivity contribution in [3.05, 3.63) is 69.2 Å². The average Bonchev–Trinajstić information content (AvgIpc) is 2.77. The Kier molecular flexibility index (Phi) is 9.62. The van der Waals surface area contributed by atoms with E-state index in [9.17, 15) is 9.59 Å². The number of benzene rings is 2. The highest BCUT2D eigenvalue weighted by molar-refractivity contribution is 6.34. The molecule has 1 amide bonds. The van der Waals surface area contributed by atoms with Gasteiger partial charge in [-0.2, -0.15) is 0 Å². The summed E-state index contributed by atoms with van der Waals surface area (Å²) in [4.78, 5) is 25.4. The van der Waals surface area contributed by atoms with Crippen LogP contribution >= 0.6 is 23.2 Å². The van der Waals surface area contributed by atoms with Crippen LogP contribution in [0.5, 0.6) is 0 Å². The molecule has 0 spiro atoms. The molecule has 190 valence electrons. The Hall–Kier alpha value is -2.08. The molecule has 35 heavy (non-hydrogen) atoms. The monoisotopic (exact) mass is 518 g/mol. The SMILES string of the molecule is CC(C)(C)[C@H]1CC[C@H](N(Cc2ccc(C(=O)NCCC(=O)O)cc2)Cc2cc(Cl)cc(Cl)c2)CC1. The fraction of sp³-hybridized carbons (Fsp3) is 0.500. The molecule has 1 saturated carbocycles. The third-order valence-corrected chi connectivity index (χ3v) is 7.41. The summed E-state index contributed by atoms with van der Waals surface area (Å²) in [6, 6.07) is 13.7. The first-order valence-corrected chi connectivity index (χ1v) is 13.0. The Balaban J connectivity index is 1.71. The van der Waals surface area contributed by atoms with E-state index >= 15 is 0 Å². The van der Waals surface area contributed by atoms with Gasteiger partial charge < -0.3 is 10.4 Å². The van der Waals surface area contributed by atoms with Crippen molar-refractivity contribution in [2.75, 3.05) is 6.54 Å². The van der Waals surface area contributed by atoms with Crippen LogP contribution in [0.1, 0.15) is 74.4 Å². The van der Waals surface area contributed by atoms with Gasteiger partial charge in [0, 0.05) is 41.3 Å². The molecule has 3 rings (SSSR count). The summed E-state index contributed by atoms with van der Waals surface area (Å²) in [5.41, 5.74) is 3.07. The Labute approximate surface area is 218 Å². The van der Waals surface area contributed by atoms with Gasteiger partial charge in [-0.1, -0.05) is 56.1 Å². The zero-order valence-electron chi connectivity index (χ0n) is 20.8. The molecular formula is C28H36Cl2N2O3. The van der Waals surface area contributed by atoms with Crippen molar-refractivity contribution in [2.45, 2.75) is 72.0 Å². The number of amides is 1. The molecule has 0 aromatic heterocycles. The van der Waals surface area contributed by atoms with Gasteiger partial charge in [-0.05, 0) is 78.5 Å². The number of carboxylic acid groups (broad SMARTS) is 1. The van der Waals surface area contributed by atoms with Gasteiger partial charge in [0.05, 0.1) is 6.42 Å². The van der Waals surface area contributed by atoms with Crippen molar-refractivity contribution in [3.63, 3.8) is 0 Å². The van der Waals surface area contributed by atoms with Crippen LogP contribution in [0.4, 0.5) is 0 Å². The lowest BCUT2D eigenvalue weighted by atomic mass is 9.71. The van der Waals surface area contributed by atoms with Crippen LogP contribution in [0, 0.1) is 11.3 Å². The number of nitrogens with one attached hydrogen (secondary N) is 1. The zero-order chi connectivity index (χ0) is 25.6. The average molecular weight is 520 g/mol. The predicted octanol–water partition coefficient (Wildman–Crippen LogP) is 6.81. The van der Waals surface area contributed by atoms with Crippen molar-refractivity contribution >= 4 is 35.1 Å². The minimum absolute atomic E-state index is 0.0935. The van der Waals surface area contributed by atoms with E-state index in [4.69, 9.17) is 28.3 Å². The van der Waals surface area contributed by atoms with Crippen molar-refractivity contribution < 1.29 is 14.7 Å². The first kappa shape index (κ1) is 27.5. The number of hydrogen-bond acceptors (Lipinski definition) is 3. The van der Waals surface area contributed by atoms with Gasteiger partial charge in [0.25, 0.3) is 5.91 Å². The highest BCUT2D eigenvalue weighted by atomic mass is 35.5. The lowest BCUT2D eigenvalue weighted by Gasteiger charge is -2.41. The van der Waals surface area contributed by atoms with E-state index in [1.54, 1.807) is 18.2 Å². The van der Waals surface area contributed by atoms with Crippen LogP contribution in [0.15, 0.2) is 42.5 Å². The molecule has 5 nitrogen and oxygen atoms in total. The minimum Gasteiger partial charge on any atom is -0.481 e. The number of carbonyl (C=O) groups excluding carboxylic acids is 1. The molecule has 0 unspecified atom stereocenters. The number of rotatable bonds is 9. The molecule has 2 aromatic rings. The van der Waals surface area contributed by atoms with E-state index in [1.807, 2.05) is 24.3 Å². The Bertz CT molecular complexity index is 990. The molecule has 0 atom stereocenters. The molecule has 7 heteroatoms. The Morgan fingerprint density at radius 1 is 0.943 bits per heavy atom. The summed E-state index contributed by atoms with van der Waals surface area (Å²) in [6.45, 7) is 8.64. The Morgan fingerprint density at radius 2 is 1.51 bits per heavy atom. The number of carboxylic acids is 1. The van der Waals surface area contributed by atoms with Crippen molar-refractivity contribution in [2.24, 2.45) is 11.3 Å². The van der Waals surface area contributed by atoms with E-state index < -0.39 is 5.97 Å². The van der Waals surface area contributed by atoms with E-state index in [0.29, 0.717) is 27.1 Å². The van der Waals surface area contributed by atoms with Gasteiger partial charge in [0.1, 0.15) is 0 Å². The first-order chi connectivity index (χ1) is 16.5. The molecule has 0 heterocycles. The van der Waals surface area contributed by atoms with Gasteiger partial charge in [-0.3, -0.25) is 14.5 Å². The van der Waals surface area contributed by atoms with Crippen LogP contribution in [-0.4, -0.2) is 34.5 Å². The third-order valence-electron chi connectivity index (χ3n) is 6.97. The van der Waals surface area contributed by atoms with E-state index in [1.165, 1.54) is 12.8 Å². The van der Waals surface area contributed by atoms with Crippen molar-refractivity contribution in [1.82, 2.24) is 10.2 Å². The minimum atomic E-state index is -0.932. The molecule has 0 saturated heterocycles. The van der Waals surface area contributed by atoms with Gasteiger partial charge in [0.2, 0.25) is 0 Å². The molecular weight excluding hydrogens is 483 g/mol. The second-order valence-electron chi connectivity index (χ2n) is 10.7. The number of hydrogen-bond donors (Lipinski definition) is 2.